The third-order valence-electron chi connectivity index (χ3n) is 3.34. The summed E-state index contributed by atoms with van der Waals surface area (Å²) in [6.07, 6.45) is 2.28. The van der Waals surface area contributed by atoms with Gasteiger partial charge in [-0.25, -0.2) is 0 Å². The predicted molar refractivity (Wildman–Crippen MR) is 75.7 cm³/mol. The molecule has 0 N–H and O–H groups in total. The number of carbonyl (C=O) groups excluding carboxylic acids is 1. The Morgan fingerprint density at radius 1 is 1.59 bits per heavy atom. The first-order valence-corrected chi connectivity index (χ1v) is 7.13. The summed E-state index contributed by atoms with van der Waals surface area (Å²) in [6, 6.07) is 5.60. The van der Waals surface area contributed by atoms with Crippen LogP contribution < -0.4 is 0 Å². The van der Waals surface area contributed by atoms with E-state index >= 15 is 0 Å². The second-order valence-electron chi connectivity index (χ2n) is 4.48. The maximum atomic E-state index is 12.3. The van der Waals surface area contributed by atoms with E-state index < -0.39 is 0 Å². The van der Waals surface area contributed by atoms with Gasteiger partial charge < -0.3 is 4.90 Å². The molecule has 1 aromatic rings. The topological polar surface area (TPSA) is 20.3 Å². The lowest BCUT2D eigenvalue weighted by molar-refractivity contribution is 0.0783. The Labute approximate surface area is 116 Å². The molecule has 1 atom stereocenters. The molecule has 1 amide bonds. The molecule has 2 rings (SSSR count). The lowest BCUT2D eigenvalue weighted by Crippen LogP contribution is -2.28. The van der Waals surface area contributed by atoms with Crippen molar-refractivity contribution in [3.63, 3.8) is 0 Å². The van der Waals surface area contributed by atoms with Crippen molar-refractivity contribution in [3.8, 4) is 0 Å². The van der Waals surface area contributed by atoms with Crippen LogP contribution in [0.3, 0.4) is 0 Å². The molecule has 1 aromatic carbocycles. The summed E-state index contributed by atoms with van der Waals surface area (Å²) in [7, 11) is 0. The van der Waals surface area contributed by atoms with Gasteiger partial charge in [-0.3, -0.25) is 4.79 Å². The minimum atomic E-state index is 0.110. The summed E-state index contributed by atoms with van der Waals surface area (Å²) in [5.41, 5.74) is 0.702. The van der Waals surface area contributed by atoms with E-state index in [-0.39, 0.29) is 5.91 Å². The first kappa shape index (κ1) is 13.0. The Morgan fingerprint density at radius 2 is 2.35 bits per heavy atom. The summed E-state index contributed by atoms with van der Waals surface area (Å²) >= 11 is 7.74. The van der Waals surface area contributed by atoms with Crippen LogP contribution in [0.4, 0.5) is 0 Å². The Morgan fingerprint density at radius 3 is 2.94 bits per heavy atom. The first-order valence-electron chi connectivity index (χ1n) is 5.89. The smallest absolute Gasteiger partial charge is 0.254 e. The number of halogens is 1. The quantitative estimate of drug-likeness (QED) is 0.827. The van der Waals surface area contributed by atoms with Crippen molar-refractivity contribution in [2.45, 2.75) is 24.7 Å². The maximum Gasteiger partial charge on any atom is 0.254 e. The van der Waals surface area contributed by atoms with Gasteiger partial charge in [0.25, 0.3) is 5.91 Å². The van der Waals surface area contributed by atoms with Crippen molar-refractivity contribution in [2.24, 2.45) is 5.92 Å². The van der Waals surface area contributed by atoms with Crippen molar-refractivity contribution in [1.29, 1.82) is 0 Å². The summed E-state index contributed by atoms with van der Waals surface area (Å²) in [5, 5.41) is 0. The van der Waals surface area contributed by atoms with Crippen LogP contribution in [0.5, 0.6) is 0 Å². The molecule has 0 spiro atoms. The van der Waals surface area contributed by atoms with E-state index in [4.69, 9.17) is 0 Å². The lowest BCUT2D eigenvalue weighted by Gasteiger charge is -2.17. The van der Waals surface area contributed by atoms with E-state index in [0.717, 1.165) is 35.3 Å². The monoisotopic (exact) mass is 313 g/mol. The zero-order valence-corrected chi connectivity index (χ0v) is 12.3. The molecule has 0 aromatic heterocycles. The molecular weight excluding hydrogens is 298 g/mol. The van der Waals surface area contributed by atoms with Crippen LogP contribution in [0.15, 0.2) is 27.6 Å². The fourth-order valence-corrected chi connectivity index (χ4v) is 3.05. The van der Waals surface area contributed by atoms with Gasteiger partial charge in [0.15, 0.2) is 0 Å². The second-order valence-corrected chi connectivity index (χ2v) is 5.87. The van der Waals surface area contributed by atoms with Crippen LogP contribution >= 0.6 is 28.6 Å². The van der Waals surface area contributed by atoms with Crippen LogP contribution in [-0.2, 0) is 0 Å². The first-order chi connectivity index (χ1) is 8.11. The predicted octanol–water partition coefficient (Wildman–Crippen LogP) is 3.61. The van der Waals surface area contributed by atoms with Crippen LogP contribution in [0, 0.1) is 5.92 Å². The Balaban J connectivity index is 2.15. The second kappa shape index (κ2) is 5.44. The van der Waals surface area contributed by atoms with Gasteiger partial charge in [0.05, 0.1) is 5.56 Å². The minimum Gasteiger partial charge on any atom is -0.338 e. The Hall–Kier alpha value is -0.480. The number of benzene rings is 1. The molecule has 1 heterocycles. The molecular formula is C13H16BrNOS. The zero-order valence-electron chi connectivity index (χ0n) is 9.82. The number of hydrogen-bond donors (Lipinski definition) is 1. The standard InChI is InChI=1S/C13H16BrNOS/c1-2-9-5-6-15(8-9)13(16)11-4-3-10(14)7-12(11)17/h3-4,7,9,17H,2,5-6,8H2,1H3. The van der Waals surface area contributed by atoms with E-state index in [1.807, 2.05) is 23.1 Å². The lowest BCUT2D eigenvalue weighted by atomic mass is 10.1. The highest BCUT2D eigenvalue weighted by molar-refractivity contribution is 9.10. The van der Waals surface area contributed by atoms with Gasteiger partial charge in [0, 0.05) is 22.5 Å². The summed E-state index contributed by atoms with van der Waals surface area (Å²) < 4.78 is 0.951. The average Bonchev–Trinajstić information content (AvgIpc) is 2.76. The highest BCUT2D eigenvalue weighted by Crippen LogP contribution is 2.25. The van der Waals surface area contributed by atoms with Gasteiger partial charge in [-0.05, 0) is 30.5 Å². The molecule has 4 heteroatoms. The van der Waals surface area contributed by atoms with Crippen molar-refractivity contribution < 1.29 is 4.79 Å². The van der Waals surface area contributed by atoms with E-state index in [0.29, 0.717) is 11.5 Å². The van der Waals surface area contributed by atoms with Gasteiger partial charge in [0.2, 0.25) is 0 Å². The third kappa shape index (κ3) is 2.86. The molecule has 1 fully saturated rings. The highest BCUT2D eigenvalue weighted by atomic mass is 79.9. The summed E-state index contributed by atoms with van der Waals surface area (Å²) in [4.78, 5) is 15.0. The fourth-order valence-electron chi connectivity index (χ4n) is 2.21. The van der Waals surface area contributed by atoms with Crippen LogP contribution in [0.1, 0.15) is 30.1 Å². The van der Waals surface area contributed by atoms with E-state index in [1.165, 1.54) is 0 Å². The molecule has 0 saturated carbocycles. The van der Waals surface area contributed by atoms with Gasteiger partial charge in [0.1, 0.15) is 0 Å². The highest BCUT2D eigenvalue weighted by Gasteiger charge is 2.26. The number of rotatable bonds is 2. The normalized spacial score (nSPS) is 19.7. The fraction of sp³-hybridized carbons (Fsp3) is 0.462. The van der Waals surface area contributed by atoms with Crippen molar-refractivity contribution in [2.75, 3.05) is 13.1 Å². The maximum absolute atomic E-state index is 12.3. The molecule has 0 bridgehead atoms. The zero-order chi connectivity index (χ0) is 12.4. The van der Waals surface area contributed by atoms with E-state index in [2.05, 4.69) is 35.5 Å². The molecule has 1 aliphatic heterocycles. The van der Waals surface area contributed by atoms with Crippen molar-refractivity contribution in [3.05, 3.63) is 28.2 Å². The molecule has 0 aliphatic carbocycles. The molecule has 17 heavy (non-hydrogen) atoms. The van der Waals surface area contributed by atoms with Crippen LogP contribution in [0.2, 0.25) is 0 Å². The molecule has 92 valence electrons. The van der Waals surface area contributed by atoms with Gasteiger partial charge in [-0.15, -0.1) is 12.6 Å². The SMILES string of the molecule is CCC1CCN(C(=O)c2ccc(Br)cc2S)C1. The van der Waals surface area contributed by atoms with Crippen LogP contribution in [-0.4, -0.2) is 23.9 Å². The van der Waals surface area contributed by atoms with Crippen LogP contribution in [0.25, 0.3) is 0 Å². The molecule has 0 radical (unpaired) electrons. The summed E-state index contributed by atoms with van der Waals surface area (Å²) in [5.74, 6) is 0.774. The number of thiol groups is 1. The number of carbonyl (C=O) groups is 1. The Bertz CT molecular complexity index is 435. The number of hydrogen-bond acceptors (Lipinski definition) is 2. The molecule has 1 aliphatic rings. The van der Waals surface area contributed by atoms with E-state index in [1.54, 1.807) is 0 Å². The van der Waals surface area contributed by atoms with Crippen molar-refractivity contribution >= 4 is 34.5 Å². The summed E-state index contributed by atoms with van der Waals surface area (Å²) in [6.45, 7) is 3.95. The average molecular weight is 314 g/mol. The van der Waals surface area contributed by atoms with Gasteiger partial charge >= 0.3 is 0 Å². The number of amides is 1. The molecule has 2 nitrogen and oxygen atoms in total. The van der Waals surface area contributed by atoms with Gasteiger partial charge in [-0.1, -0.05) is 29.3 Å². The minimum absolute atomic E-state index is 0.110. The number of likely N-dealkylation sites (tertiary alicyclic amines) is 1. The van der Waals surface area contributed by atoms with Crippen molar-refractivity contribution in [1.82, 2.24) is 4.90 Å². The number of nitrogens with zero attached hydrogens (tertiary/aromatic N) is 1. The molecule has 1 saturated heterocycles. The largest absolute Gasteiger partial charge is 0.338 e. The van der Waals surface area contributed by atoms with E-state index in [9.17, 15) is 4.79 Å². The third-order valence-corrected chi connectivity index (χ3v) is 4.20. The molecule has 1 unspecified atom stereocenters. The Kier molecular flexibility index (Phi) is 4.15. The van der Waals surface area contributed by atoms with Gasteiger partial charge in [-0.2, -0.15) is 0 Å².